The molecule has 11 heavy (non-hydrogen) atoms. The molecule has 0 saturated carbocycles. The fourth-order valence-corrected chi connectivity index (χ4v) is 1.14. The van der Waals surface area contributed by atoms with Gasteiger partial charge in [-0.2, -0.15) is 0 Å². The quantitative estimate of drug-likeness (QED) is 0.578. The van der Waals surface area contributed by atoms with Gasteiger partial charge in [0.25, 0.3) is 0 Å². The smallest absolute Gasteiger partial charge is 0.164 e. The molecule has 0 saturated heterocycles. The highest BCUT2D eigenvalue weighted by atomic mass is 32.1. The normalized spacial score (nSPS) is 10.7. The van der Waals surface area contributed by atoms with Gasteiger partial charge in [-0.05, 0) is 12.1 Å². The summed E-state index contributed by atoms with van der Waals surface area (Å²) in [6, 6.07) is 3.34. The van der Waals surface area contributed by atoms with E-state index in [0.29, 0.717) is 15.9 Å². The standard InChI is InChI=1S/C7H5FN2S/c8-6-5(11)2-1-4-7(6)10-3-9-4/h1-3,11H,(H,9,10). The predicted molar refractivity (Wildman–Crippen MR) is 43.3 cm³/mol. The van der Waals surface area contributed by atoms with Gasteiger partial charge in [0.05, 0.1) is 11.8 Å². The number of halogens is 1. The molecule has 4 heteroatoms. The van der Waals surface area contributed by atoms with Crippen LogP contribution in [-0.4, -0.2) is 9.97 Å². The molecule has 0 amide bonds. The summed E-state index contributed by atoms with van der Waals surface area (Å²) in [6.45, 7) is 0. The number of nitrogens with one attached hydrogen (secondary N) is 1. The van der Waals surface area contributed by atoms with Crippen LogP contribution in [0.5, 0.6) is 0 Å². The van der Waals surface area contributed by atoms with Crippen molar-refractivity contribution >= 4 is 23.7 Å². The highest BCUT2D eigenvalue weighted by Gasteiger charge is 2.05. The summed E-state index contributed by atoms with van der Waals surface area (Å²) < 4.78 is 13.1. The molecule has 0 fully saturated rings. The van der Waals surface area contributed by atoms with E-state index >= 15 is 0 Å². The molecule has 1 N–H and O–H groups in total. The molecule has 0 radical (unpaired) electrons. The van der Waals surface area contributed by atoms with E-state index in [0.717, 1.165) is 0 Å². The Bertz CT molecular complexity index is 396. The maximum absolute atomic E-state index is 13.1. The number of benzene rings is 1. The van der Waals surface area contributed by atoms with Crippen LogP contribution in [0.2, 0.25) is 0 Å². The van der Waals surface area contributed by atoms with Crippen molar-refractivity contribution in [2.45, 2.75) is 4.90 Å². The average Bonchev–Trinajstić information content (AvgIpc) is 2.45. The minimum atomic E-state index is -0.368. The minimum Gasteiger partial charge on any atom is -0.345 e. The van der Waals surface area contributed by atoms with Crippen molar-refractivity contribution in [3.05, 3.63) is 24.3 Å². The number of hydrogen-bond donors (Lipinski definition) is 2. The van der Waals surface area contributed by atoms with Gasteiger partial charge in [-0.15, -0.1) is 12.6 Å². The first-order valence-corrected chi connectivity index (χ1v) is 3.54. The van der Waals surface area contributed by atoms with Crippen molar-refractivity contribution in [1.29, 1.82) is 0 Å². The van der Waals surface area contributed by atoms with E-state index < -0.39 is 0 Å². The molecular formula is C7H5FN2S. The van der Waals surface area contributed by atoms with Crippen molar-refractivity contribution in [2.24, 2.45) is 0 Å². The molecule has 0 aliphatic carbocycles. The summed E-state index contributed by atoms with van der Waals surface area (Å²) in [5.41, 5.74) is 1.04. The van der Waals surface area contributed by atoms with Crippen LogP contribution < -0.4 is 0 Å². The van der Waals surface area contributed by atoms with Gasteiger partial charge in [-0.25, -0.2) is 9.37 Å². The Morgan fingerprint density at radius 3 is 3.09 bits per heavy atom. The third-order valence-corrected chi connectivity index (χ3v) is 1.85. The molecule has 0 bridgehead atoms. The summed E-state index contributed by atoms with van der Waals surface area (Å²) in [5.74, 6) is -0.368. The van der Waals surface area contributed by atoms with Crippen molar-refractivity contribution in [3.8, 4) is 0 Å². The highest BCUT2D eigenvalue weighted by Crippen LogP contribution is 2.19. The van der Waals surface area contributed by atoms with E-state index in [1.165, 1.54) is 6.33 Å². The Kier molecular flexibility index (Phi) is 1.35. The SMILES string of the molecule is Fc1c(S)ccc2[nH]cnc12. The molecule has 1 aromatic heterocycles. The lowest BCUT2D eigenvalue weighted by Crippen LogP contribution is -1.79. The summed E-state index contributed by atoms with van der Waals surface area (Å²) in [7, 11) is 0. The van der Waals surface area contributed by atoms with Crippen molar-refractivity contribution < 1.29 is 4.39 Å². The fraction of sp³-hybridized carbons (Fsp3) is 0. The van der Waals surface area contributed by atoms with Crippen LogP contribution in [0.15, 0.2) is 23.4 Å². The van der Waals surface area contributed by atoms with E-state index in [9.17, 15) is 4.39 Å². The first-order valence-electron chi connectivity index (χ1n) is 3.09. The summed E-state index contributed by atoms with van der Waals surface area (Å²) in [4.78, 5) is 6.93. The number of hydrogen-bond acceptors (Lipinski definition) is 2. The third kappa shape index (κ3) is 0.903. The molecule has 56 valence electrons. The Hall–Kier alpha value is -1.03. The van der Waals surface area contributed by atoms with Crippen LogP contribution >= 0.6 is 12.6 Å². The minimum absolute atomic E-state index is 0.324. The second-order valence-corrected chi connectivity index (χ2v) is 2.68. The van der Waals surface area contributed by atoms with Gasteiger partial charge < -0.3 is 4.98 Å². The number of rotatable bonds is 0. The van der Waals surface area contributed by atoms with Crippen molar-refractivity contribution in [2.75, 3.05) is 0 Å². The van der Waals surface area contributed by atoms with Gasteiger partial charge in [0.2, 0.25) is 0 Å². The van der Waals surface area contributed by atoms with Gasteiger partial charge >= 0.3 is 0 Å². The van der Waals surface area contributed by atoms with Crippen molar-refractivity contribution in [3.63, 3.8) is 0 Å². The Labute approximate surface area is 67.9 Å². The van der Waals surface area contributed by atoms with Gasteiger partial charge in [0.15, 0.2) is 5.82 Å². The summed E-state index contributed by atoms with van der Waals surface area (Å²) in [6.07, 6.45) is 1.46. The molecule has 2 aromatic rings. The molecule has 0 atom stereocenters. The number of aromatic nitrogens is 2. The predicted octanol–water partition coefficient (Wildman–Crippen LogP) is 1.99. The molecule has 0 spiro atoms. The maximum atomic E-state index is 13.1. The maximum Gasteiger partial charge on any atom is 0.164 e. The first-order chi connectivity index (χ1) is 5.29. The van der Waals surface area contributed by atoms with Gasteiger partial charge in [0.1, 0.15) is 5.52 Å². The highest BCUT2D eigenvalue weighted by molar-refractivity contribution is 7.80. The molecule has 1 aromatic carbocycles. The van der Waals surface area contributed by atoms with Crippen LogP contribution in [0.1, 0.15) is 0 Å². The number of nitrogens with zero attached hydrogens (tertiary/aromatic N) is 1. The Balaban J connectivity index is 2.93. The molecule has 0 aliphatic heterocycles. The third-order valence-electron chi connectivity index (χ3n) is 1.51. The van der Waals surface area contributed by atoms with Crippen LogP contribution in [0.25, 0.3) is 11.0 Å². The molecule has 1 heterocycles. The molecule has 2 rings (SSSR count). The lowest BCUT2D eigenvalue weighted by Gasteiger charge is -1.93. The monoisotopic (exact) mass is 168 g/mol. The second kappa shape index (κ2) is 2.23. The number of fused-ring (bicyclic) bond motifs is 1. The van der Waals surface area contributed by atoms with Crippen LogP contribution in [0.4, 0.5) is 4.39 Å². The Morgan fingerprint density at radius 1 is 1.45 bits per heavy atom. The topological polar surface area (TPSA) is 28.7 Å². The van der Waals surface area contributed by atoms with E-state index in [1.54, 1.807) is 12.1 Å². The van der Waals surface area contributed by atoms with E-state index in [4.69, 9.17) is 0 Å². The molecular weight excluding hydrogens is 163 g/mol. The first kappa shape index (κ1) is 6.67. The van der Waals surface area contributed by atoms with Crippen molar-refractivity contribution in [1.82, 2.24) is 9.97 Å². The van der Waals surface area contributed by atoms with E-state index in [-0.39, 0.29) is 5.82 Å². The number of H-pyrrole nitrogens is 1. The second-order valence-electron chi connectivity index (χ2n) is 2.20. The molecule has 2 nitrogen and oxygen atoms in total. The number of thiol groups is 1. The zero-order valence-corrected chi connectivity index (χ0v) is 6.40. The van der Waals surface area contributed by atoms with Crippen LogP contribution in [0.3, 0.4) is 0 Å². The molecule has 0 aliphatic rings. The molecule has 0 unspecified atom stereocenters. The lowest BCUT2D eigenvalue weighted by molar-refractivity contribution is 0.613. The van der Waals surface area contributed by atoms with Gasteiger partial charge in [-0.1, -0.05) is 0 Å². The zero-order chi connectivity index (χ0) is 7.84. The zero-order valence-electron chi connectivity index (χ0n) is 5.50. The average molecular weight is 168 g/mol. The van der Waals surface area contributed by atoms with Crippen LogP contribution in [0, 0.1) is 5.82 Å². The van der Waals surface area contributed by atoms with Crippen LogP contribution in [-0.2, 0) is 0 Å². The number of aromatic amines is 1. The fourth-order valence-electron chi connectivity index (χ4n) is 0.963. The Morgan fingerprint density at radius 2 is 2.27 bits per heavy atom. The number of imidazole rings is 1. The van der Waals surface area contributed by atoms with E-state index in [1.807, 2.05) is 0 Å². The van der Waals surface area contributed by atoms with Gasteiger partial charge in [0, 0.05) is 4.90 Å². The largest absolute Gasteiger partial charge is 0.345 e. The summed E-state index contributed by atoms with van der Waals surface area (Å²) >= 11 is 3.92. The van der Waals surface area contributed by atoms with Gasteiger partial charge in [-0.3, -0.25) is 0 Å². The lowest BCUT2D eigenvalue weighted by atomic mass is 10.3. The van der Waals surface area contributed by atoms with E-state index in [2.05, 4.69) is 22.6 Å². The summed E-state index contributed by atoms with van der Waals surface area (Å²) in [5, 5.41) is 0.